The van der Waals surface area contributed by atoms with Crippen LogP contribution in [0.25, 0.3) is 0 Å². The fraction of sp³-hybridized carbons (Fsp3) is 0.733. The first-order valence-electron chi connectivity index (χ1n) is 6.36. The van der Waals surface area contributed by atoms with Gasteiger partial charge < -0.3 is 0 Å². The van der Waals surface area contributed by atoms with E-state index in [1.54, 1.807) is 11.1 Å². The lowest BCUT2D eigenvalue weighted by Crippen LogP contribution is -2.57. The molecule has 0 unspecified atom stereocenters. The van der Waals surface area contributed by atoms with Gasteiger partial charge in [-0.15, -0.1) is 0 Å². The van der Waals surface area contributed by atoms with Crippen molar-refractivity contribution in [2.45, 2.75) is 40.0 Å². The summed E-state index contributed by atoms with van der Waals surface area (Å²) in [6.07, 6.45) is 6.49. The fourth-order valence-electron chi connectivity index (χ4n) is 4.52. The van der Waals surface area contributed by atoms with Crippen molar-refractivity contribution in [1.29, 1.82) is 0 Å². The summed E-state index contributed by atoms with van der Waals surface area (Å²) in [6.45, 7) is 11.6. The van der Waals surface area contributed by atoms with Crippen LogP contribution in [0.3, 0.4) is 0 Å². The van der Waals surface area contributed by atoms with E-state index in [2.05, 4.69) is 33.4 Å². The zero-order valence-electron chi connectivity index (χ0n) is 10.2. The maximum atomic E-state index is 4.41. The third-order valence-corrected chi connectivity index (χ3v) is 5.58. The minimum Gasteiger partial charge on any atom is -0.0993 e. The van der Waals surface area contributed by atoms with Gasteiger partial charge in [-0.2, -0.15) is 0 Å². The molecule has 4 aliphatic carbocycles. The second kappa shape index (κ2) is 2.78. The van der Waals surface area contributed by atoms with Crippen LogP contribution in [0.5, 0.6) is 0 Å². The van der Waals surface area contributed by atoms with Crippen LogP contribution < -0.4 is 0 Å². The fourth-order valence-corrected chi connectivity index (χ4v) is 4.52. The minimum atomic E-state index is 0.551. The molecule has 4 atom stereocenters. The standard InChI is InChI=1S/C15H22/c1-9-5-6-11-10(2)13-8-14(12(11)7-9)15(13,3)4/h5,11-14H,2,6-8H2,1,3-4H3/t11-,12+,13-,14+/m0/s1. The molecule has 0 N–H and O–H groups in total. The van der Waals surface area contributed by atoms with Crippen LogP contribution in [-0.2, 0) is 0 Å². The summed E-state index contributed by atoms with van der Waals surface area (Å²) in [4.78, 5) is 0. The van der Waals surface area contributed by atoms with E-state index >= 15 is 0 Å². The highest BCUT2D eigenvalue weighted by atomic mass is 14.6. The van der Waals surface area contributed by atoms with Crippen molar-refractivity contribution in [1.82, 2.24) is 0 Å². The quantitative estimate of drug-likeness (QED) is 0.517. The van der Waals surface area contributed by atoms with Gasteiger partial charge in [-0.25, -0.2) is 0 Å². The van der Waals surface area contributed by atoms with Gasteiger partial charge in [0.15, 0.2) is 0 Å². The molecule has 0 aromatic heterocycles. The normalized spacial score (nSPS) is 46.6. The van der Waals surface area contributed by atoms with E-state index in [1.807, 2.05) is 0 Å². The molecule has 4 aliphatic rings. The van der Waals surface area contributed by atoms with Gasteiger partial charge in [0.2, 0.25) is 0 Å². The Morgan fingerprint density at radius 1 is 1.40 bits per heavy atom. The first kappa shape index (κ1) is 9.69. The zero-order chi connectivity index (χ0) is 10.8. The van der Waals surface area contributed by atoms with Crippen molar-refractivity contribution in [3.63, 3.8) is 0 Å². The van der Waals surface area contributed by atoms with Gasteiger partial charge in [0.1, 0.15) is 0 Å². The molecular weight excluding hydrogens is 180 g/mol. The molecule has 0 spiro atoms. The van der Waals surface area contributed by atoms with Crippen molar-refractivity contribution >= 4 is 0 Å². The van der Waals surface area contributed by atoms with Crippen molar-refractivity contribution in [3.05, 3.63) is 23.8 Å². The monoisotopic (exact) mass is 202 g/mol. The average Bonchev–Trinajstić information content (AvgIpc) is 2.16. The van der Waals surface area contributed by atoms with E-state index in [1.165, 1.54) is 19.3 Å². The lowest BCUT2D eigenvalue weighted by molar-refractivity contribution is -0.0937. The van der Waals surface area contributed by atoms with E-state index in [-0.39, 0.29) is 0 Å². The molecule has 0 aromatic carbocycles. The third kappa shape index (κ3) is 1.08. The van der Waals surface area contributed by atoms with Gasteiger partial charge in [0.25, 0.3) is 0 Å². The summed E-state index contributed by atoms with van der Waals surface area (Å²) >= 11 is 0. The van der Waals surface area contributed by atoms with Crippen molar-refractivity contribution < 1.29 is 0 Å². The second-order valence-electron chi connectivity index (χ2n) is 6.55. The predicted octanol–water partition coefficient (Wildman–Crippen LogP) is 4.19. The highest BCUT2D eigenvalue weighted by molar-refractivity contribution is 5.28. The van der Waals surface area contributed by atoms with Gasteiger partial charge in [-0.05, 0) is 55.3 Å². The van der Waals surface area contributed by atoms with Crippen LogP contribution in [0.4, 0.5) is 0 Å². The van der Waals surface area contributed by atoms with Crippen molar-refractivity contribution in [2.75, 3.05) is 0 Å². The molecule has 3 saturated carbocycles. The summed E-state index contributed by atoms with van der Waals surface area (Å²) in [5.41, 5.74) is 3.75. The molecule has 0 heterocycles. The van der Waals surface area contributed by atoms with E-state index in [0.717, 1.165) is 23.7 Å². The molecule has 4 rings (SSSR count). The number of allylic oxidation sites excluding steroid dienone is 3. The zero-order valence-corrected chi connectivity index (χ0v) is 10.2. The van der Waals surface area contributed by atoms with Gasteiger partial charge in [-0.3, -0.25) is 0 Å². The van der Waals surface area contributed by atoms with Gasteiger partial charge in [0, 0.05) is 0 Å². The first-order chi connectivity index (χ1) is 7.01. The maximum Gasteiger partial charge on any atom is -0.0134 e. The molecule has 0 aliphatic heterocycles. The molecule has 3 fully saturated rings. The Balaban J connectivity index is 1.96. The Morgan fingerprint density at radius 3 is 2.80 bits per heavy atom. The molecule has 0 aromatic rings. The number of hydrogen-bond acceptors (Lipinski definition) is 0. The van der Waals surface area contributed by atoms with Crippen LogP contribution in [0.15, 0.2) is 23.8 Å². The topological polar surface area (TPSA) is 0 Å². The summed E-state index contributed by atoms with van der Waals surface area (Å²) in [7, 11) is 0. The van der Waals surface area contributed by atoms with Crippen LogP contribution in [-0.4, -0.2) is 0 Å². The van der Waals surface area contributed by atoms with E-state index in [0.29, 0.717) is 5.41 Å². The molecular formula is C15H22. The second-order valence-corrected chi connectivity index (χ2v) is 6.55. The maximum absolute atomic E-state index is 4.41. The van der Waals surface area contributed by atoms with Crippen LogP contribution in [0, 0.1) is 29.1 Å². The average molecular weight is 202 g/mol. The van der Waals surface area contributed by atoms with E-state index < -0.39 is 0 Å². The minimum absolute atomic E-state index is 0.551. The van der Waals surface area contributed by atoms with Crippen LogP contribution >= 0.6 is 0 Å². The predicted molar refractivity (Wildman–Crippen MR) is 64.5 cm³/mol. The first-order valence-corrected chi connectivity index (χ1v) is 6.36. The summed E-state index contributed by atoms with van der Waals surface area (Å²) < 4.78 is 0. The Hall–Kier alpha value is -0.520. The third-order valence-electron chi connectivity index (χ3n) is 5.58. The summed E-state index contributed by atoms with van der Waals surface area (Å²) in [6, 6.07) is 0. The Labute approximate surface area is 93.5 Å². The van der Waals surface area contributed by atoms with Gasteiger partial charge in [0.05, 0.1) is 0 Å². The lowest BCUT2D eigenvalue weighted by Gasteiger charge is -2.64. The van der Waals surface area contributed by atoms with Crippen molar-refractivity contribution in [2.24, 2.45) is 29.1 Å². The molecule has 2 bridgehead atoms. The van der Waals surface area contributed by atoms with Crippen LogP contribution in [0.1, 0.15) is 40.0 Å². The largest absolute Gasteiger partial charge is 0.0993 e. The smallest absolute Gasteiger partial charge is 0.0134 e. The SMILES string of the molecule is C=C1[C@@H]2CC=C(C)C[C@H]2[C@H]2C[C@@H]1C2(C)C. The molecule has 0 radical (unpaired) electrons. The van der Waals surface area contributed by atoms with Gasteiger partial charge >= 0.3 is 0 Å². The number of rotatable bonds is 0. The highest BCUT2D eigenvalue weighted by Gasteiger charge is 2.59. The molecule has 0 nitrogen and oxygen atoms in total. The lowest BCUT2D eigenvalue weighted by atomic mass is 9.40. The number of hydrogen-bond donors (Lipinski definition) is 0. The highest BCUT2D eigenvalue weighted by Crippen LogP contribution is 2.67. The van der Waals surface area contributed by atoms with E-state index in [9.17, 15) is 0 Å². The Bertz CT molecular complexity index is 345. The Morgan fingerprint density at radius 2 is 2.13 bits per heavy atom. The van der Waals surface area contributed by atoms with Crippen LogP contribution in [0.2, 0.25) is 0 Å². The summed E-state index contributed by atoms with van der Waals surface area (Å²) in [5, 5.41) is 0. The molecule has 82 valence electrons. The molecule has 0 heteroatoms. The Kier molecular flexibility index (Phi) is 1.80. The summed E-state index contributed by atoms with van der Waals surface area (Å²) in [5.74, 6) is 3.55. The molecule has 15 heavy (non-hydrogen) atoms. The molecule has 0 amide bonds. The van der Waals surface area contributed by atoms with Crippen molar-refractivity contribution in [3.8, 4) is 0 Å². The van der Waals surface area contributed by atoms with E-state index in [4.69, 9.17) is 0 Å². The van der Waals surface area contributed by atoms with Gasteiger partial charge in [-0.1, -0.05) is 37.6 Å². The molecule has 0 saturated heterocycles.